The Morgan fingerprint density at radius 2 is 1.81 bits per heavy atom. The highest BCUT2D eigenvalue weighted by Gasteiger charge is 2.20. The van der Waals surface area contributed by atoms with Crippen molar-refractivity contribution in [2.24, 2.45) is 0 Å². The van der Waals surface area contributed by atoms with Crippen LogP contribution in [-0.4, -0.2) is 50.9 Å². The molecule has 2 aromatic carbocycles. The van der Waals surface area contributed by atoms with Gasteiger partial charge in [-0.05, 0) is 11.6 Å². The van der Waals surface area contributed by atoms with Crippen molar-refractivity contribution in [3.8, 4) is 5.75 Å². The average Bonchev–Trinajstić information content (AvgIpc) is 2.73. The number of nitrogens with zero attached hydrogens (tertiary/aromatic N) is 1. The molecular weight excluding hydrogens is 342 g/mol. The fraction of sp³-hybridized carbons (Fsp3) is 0.381. The first-order valence-electron chi connectivity index (χ1n) is 9.27. The summed E-state index contributed by atoms with van der Waals surface area (Å²) in [4.78, 5) is 14.9. The van der Waals surface area contributed by atoms with E-state index in [0.717, 1.165) is 49.7 Å². The molecule has 1 fully saturated rings. The van der Waals surface area contributed by atoms with Crippen LogP contribution in [0.5, 0.6) is 5.75 Å². The highest BCUT2D eigenvalue weighted by Crippen LogP contribution is 2.17. The lowest BCUT2D eigenvalue weighted by molar-refractivity contribution is 0.0340. The van der Waals surface area contributed by atoms with Gasteiger partial charge in [-0.15, -0.1) is 0 Å². The first-order chi connectivity index (χ1) is 13.3. The normalized spacial score (nSPS) is 15.7. The minimum Gasteiger partial charge on any atom is -0.496 e. The summed E-state index contributed by atoms with van der Waals surface area (Å²) in [6.45, 7) is 4.41. The van der Waals surface area contributed by atoms with Gasteiger partial charge < -0.3 is 20.1 Å². The Kier molecular flexibility index (Phi) is 7.07. The van der Waals surface area contributed by atoms with Crippen LogP contribution in [0.1, 0.15) is 17.2 Å². The van der Waals surface area contributed by atoms with Gasteiger partial charge in [-0.2, -0.15) is 0 Å². The second-order valence-electron chi connectivity index (χ2n) is 6.52. The molecule has 2 amide bonds. The molecule has 1 unspecified atom stereocenters. The molecule has 27 heavy (non-hydrogen) atoms. The zero-order valence-corrected chi connectivity index (χ0v) is 15.7. The van der Waals surface area contributed by atoms with Gasteiger partial charge in [0, 0.05) is 31.7 Å². The SMILES string of the molecule is COc1ccccc1CNC(=O)NC(CN1CCOCC1)c1ccccc1. The molecule has 1 aliphatic rings. The lowest BCUT2D eigenvalue weighted by Crippen LogP contribution is -2.45. The maximum atomic E-state index is 12.5. The highest BCUT2D eigenvalue weighted by molar-refractivity contribution is 5.74. The number of hydrogen-bond acceptors (Lipinski definition) is 4. The number of rotatable bonds is 7. The van der Waals surface area contributed by atoms with Crippen LogP contribution in [0.3, 0.4) is 0 Å². The van der Waals surface area contributed by atoms with Gasteiger partial charge in [0.2, 0.25) is 0 Å². The van der Waals surface area contributed by atoms with Crippen molar-refractivity contribution in [3.05, 3.63) is 65.7 Å². The zero-order valence-electron chi connectivity index (χ0n) is 15.7. The number of amides is 2. The highest BCUT2D eigenvalue weighted by atomic mass is 16.5. The number of ether oxygens (including phenoxy) is 2. The van der Waals surface area contributed by atoms with Crippen molar-refractivity contribution >= 4 is 6.03 Å². The van der Waals surface area contributed by atoms with Crippen LogP contribution < -0.4 is 15.4 Å². The summed E-state index contributed by atoms with van der Waals surface area (Å²) in [5.74, 6) is 0.769. The molecule has 0 bridgehead atoms. The molecule has 1 saturated heterocycles. The molecule has 0 saturated carbocycles. The lowest BCUT2D eigenvalue weighted by Gasteiger charge is -2.31. The molecule has 1 aliphatic heterocycles. The predicted molar refractivity (Wildman–Crippen MR) is 105 cm³/mol. The number of methoxy groups -OCH3 is 1. The van der Waals surface area contributed by atoms with Gasteiger partial charge >= 0.3 is 6.03 Å². The molecule has 144 valence electrons. The predicted octanol–water partition coefficient (Wildman–Crippen LogP) is 2.57. The van der Waals surface area contributed by atoms with E-state index in [1.54, 1.807) is 7.11 Å². The topological polar surface area (TPSA) is 62.8 Å². The Bertz CT molecular complexity index is 718. The molecule has 0 radical (unpaired) electrons. The quantitative estimate of drug-likeness (QED) is 0.787. The number of morpholine rings is 1. The minimum atomic E-state index is -0.192. The largest absolute Gasteiger partial charge is 0.496 e. The number of carbonyl (C=O) groups is 1. The number of hydrogen-bond donors (Lipinski definition) is 2. The van der Waals surface area contributed by atoms with Crippen LogP contribution >= 0.6 is 0 Å². The van der Waals surface area contributed by atoms with E-state index in [1.165, 1.54) is 0 Å². The Morgan fingerprint density at radius 3 is 2.56 bits per heavy atom. The second-order valence-corrected chi connectivity index (χ2v) is 6.52. The van der Waals surface area contributed by atoms with Crippen molar-refractivity contribution in [3.63, 3.8) is 0 Å². The monoisotopic (exact) mass is 369 g/mol. The average molecular weight is 369 g/mol. The van der Waals surface area contributed by atoms with E-state index in [4.69, 9.17) is 9.47 Å². The summed E-state index contributed by atoms with van der Waals surface area (Å²) in [6.07, 6.45) is 0. The van der Waals surface area contributed by atoms with Gasteiger partial charge in [-0.3, -0.25) is 4.90 Å². The fourth-order valence-electron chi connectivity index (χ4n) is 3.20. The van der Waals surface area contributed by atoms with Crippen molar-refractivity contribution < 1.29 is 14.3 Å². The van der Waals surface area contributed by atoms with Gasteiger partial charge in [0.1, 0.15) is 5.75 Å². The lowest BCUT2D eigenvalue weighted by atomic mass is 10.1. The summed E-state index contributed by atoms with van der Waals surface area (Å²) in [5.41, 5.74) is 2.04. The van der Waals surface area contributed by atoms with E-state index in [0.29, 0.717) is 6.54 Å². The van der Waals surface area contributed by atoms with Crippen molar-refractivity contribution in [2.75, 3.05) is 40.0 Å². The molecule has 6 nitrogen and oxygen atoms in total. The number of urea groups is 1. The third-order valence-electron chi connectivity index (χ3n) is 4.68. The Balaban J connectivity index is 1.61. The van der Waals surface area contributed by atoms with Gasteiger partial charge in [-0.25, -0.2) is 4.79 Å². The first kappa shape index (κ1) is 19.2. The van der Waals surface area contributed by atoms with Gasteiger partial charge in [0.05, 0.1) is 26.4 Å². The fourth-order valence-corrected chi connectivity index (χ4v) is 3.20. The van der Waals surface area contributed by atoms with Crippen LogP contribution in [0.4, 0.5) is 4.79 Å². The number of benzene rings is 2. The van der Waals surface area contributed by atoms with E-state index < -0.39 is 0 Å². The number of carbonyl (C=O) groups excluding carboxylic acids is 1. The molecule has 2 N–H and O–H groups in total. The first-order valence-corrected chi connectivity index (χ1v) is 9.27. The summed E-state index contributed by atoms with van der Waals surface area (Å²) >= 11 is 0. The summed E-state index contributed by atoms with van der Waals surface area (Å²) < 4.78 is 10.8. The number of nitrogens with one attached hydrogen (secondary N) is 2. The Hall–Kier alpha value is -2.57. The Labute approximate surface area is 160 Å². The zero-order chi connectivity index (χ0) is 18.9. The number of para-hydroxylation sites is 1. The maximum Gasteiger partial charge on any atom is 0.315 e. The third kappa shape index (κ3) is 5.70. The minimum absolute atomic E-state index is 0.0815. The van der Waals surface area contributed by atoms with Crippen molar-refractivity contribution in [1.82, 2.24) is 15.5 Å². The van der Waals surface area contributed by atoms with Gasteiger partial charge in [-0.1, -0.05) is 48.5 Å². The summed E-state index contributed by atoms with van der Waals surface area (Å²) in [7, 11) is 1.63. The van der Waals surface area contributed by atoms with E-state index in [1.807, 2.05) is 54.6 Å². The maximum absolute atomic E-state index is 12.5. The van der Waals surface area contributed by atoms with Crippen LogP contribution in [0, 0.1) is 0 Å². The van der Waals surface area contributed by atoms with Crippen molar-refractivity contribution in [2.45, 2.75) is 12.6 Å². The summed E-state index contributed by atoms with van der Waals surface area (Å²) in [5, 5.41) is 6.05. The van der Waals surface area contributed by atoms with Crippen LogP contribution in [0.25, 0.3) is 0 Å². The molecule has 0 aromatic heterocycles. The molecule has 1 atom stereocenters. The van der Waals surface area contributed by atoms with E-state index >= 15 is 0 Å². The standard InChI is InChI=1S/C21H27N3O3/c1-26-20-10-6-5-9-18(20)15-22-21(25)23-19(17-7-3-2-4-8-17)16-24-11-13-27-14-12-24/h2-10,19H,11-16H2,1H3,(H2,22,23,25). The molecule has 2 aromatic rings. The molecule has 6 heteroatoms. The second kappa shape index (κ2) is 9.94. The summed E-state index contributed by atoms with van der Waals surface area (Å²) in [6, 6.07) is 17.5. The smallest absolute Gasteiger partial charge is 0.315 e. The van der Waals surface area contributed by atoms with Crippen LogP contribution in [0.15, 0.2) is 54.6 Å². The third-order valence-corrected chi connectivity index (χ3v) is 4.68. The molecule has 3 rings (SSSR count). The molecule has 0 spiro atoms. The van der Waals surface area contributed by atoms with Gasteiger partial charge in [0.15, 0.2) is 0 Å². The van der Waals surface area contributed by atoms with Gasteiger partial charge in [0.25, 0.3) is 0 Å². The van der Waals surface area contributed by atoms with Crippen LogP contribution in [-0.2, 0) is 11.3 Å². The van der Waals surface area contributed by atoms with E-state index in [9.17, 15) is 4.79 Å². The van der Waals surface area contributed by atoms with Crippen LogP contribution in [0.2, 0.25) is 0 Å². The molecule has 1 heterocycles. The van der Waals surface area contributed by atoms with E-state index in [-0.39, 0.29) is 12.1 Å². The van der Waals surface area contributed by atoms with E-state index in [2.05, 4.69) is 15.5 Å². The molecular formula is C21H27N3O3. The molecule has 0 aliphatic carbocycles. The Morgan fingerprint density at radius 1 is 1.11 bits per heavy atom. The van der Waals surface area contributed by atoms with Crippen molar-refractivity contribution in [1.29, 1.82) is 0 Å².